The van der Waals surface area contributed by atoms with Crippen LogP contribution >= 0.6 is 11.6 Å². The van der Waals surface area contributed by atoms with E-state index >= 15 is 0 Å². The zero-order chi connectivity index (χ0) is 20.3. The first-order chi connectivity index (χ1) is 13.1. The van der Waals surface area contributed by atoms with Gasteiger partial charge in [-0.25, -0.2) is 0 Å². The van der Waals surface area contributed by atoms with Crippen molar-refractivity contribution in [1.29, 1.82) is 0 Å². The minimum absolute atomic E-state index is 0.171. The quantitative estimate of drug-likeness (QED) is 0.420. The molecule has 0 amide bonds. The number of hydrogen-bond acceptors (Lipinski definition) is 1. The topological polar surface area (TPSA) is 20.2 Å². The molecule has 1 saturated carbocycles. The van der Waals surface area contributed by atoms with E-state index in [2.05, 4.69) is 65.0 Å². The molecule has 0 saturated heterocycles. The number of hydrogen-bond donors (Lipinski definition) is 1. The smallest absolute Gasteiger partial charge is 0.119 e. The van der Waals surface area contributed by atoms with Crippen LogP contribution in [0.1, 0.15) is 53.0 Å². The minimum atomic E-state index is -0.192. The molecule has 0 radical (unpaired) electrons. The standard InChI is InChI=1S/C26H33ClO/c1-16-14-17(25(2,3)20-8-6-7-9-23(20)28)10-13-21-24(16)19-12-11-18(27)15-22(19)26(21,4)5/h6-13,16,18-19,22,24,28H,14-15H2,1-5H3. The van der Waals surface area contributed by atoms with Gasteiger partial charge in [-0.3, -0.25) is 0 Å². The van der Waals surface area contributed by atoms with Gasteiger partial charge in [-0.1, -0.05) is 88.3 Å². The van der Waals surface area contributed by atoms with Crippen molar-refractivity contribution >= 4 is 11.6 Å². The Bertz CT molecular complexity index is 857. The maximum Gasteiger partial charge on any atom is 0.119 e. The van der Waals surface area contributed by atoms with Gasteiger partial charge in [-0.15, -0.1) is 11.6 Å². The predicted molar refractivity (Wildman–Crippen MR) is 119 cm³/mol. The third-order valence-corrected chi connectivity index (χ3v) is 8.25. The van der Waals surface area contributed by atoms with Crippen LogP contribution in [0.4, 0.5) is 0 Å². The molecule has 1 aromatic carbocycles. The lowest BCUT2D eigenvalue weighted by atomic mass is 9.70. The number of phenols is 1. The highest BCUT2D eigenvalue weighted by atomic mass is 35.5. The van der Waals surface area contributed by atoms with Crippen LogP contribution in [0, 0.1) is 29.1 Å². The highest BCUT2D eigenvalue weighted by Crippen LogP contribution is 2.61. The molecule has 3 aliphatic carbocycles. The molecule has 1 fully saturated rings. The number of alkyl halides is 1. The highest BCUT2D eigenvalue weighted by Gasteiger charge is 2.53. The highest BCUT2D eigenvalue weighted by molar-refractivity contribution is 6.21. The fourth-order valence-corrected chi connectivity index (χ4v) is 6.52. The van der Waals surface area contributed by atoms with Gasteiger partial charge in [0.05, 0.1) is 5.38 Å². The molecule has 0 aliphatic heterocycles. The van der Waals surface area contributed by atoms with E-state index in [9.17, 15) is 5.11 Å². The Balaban J connectivity index is 1.75. The second kappa shape index (κ2) is 6.80. The van der Waals surface area contributed by atoms with Crippen LogP contribution < -0.4 is 0 Å². The van der Waals surface area contributed by atoms with Crippen molar-refractivity contribution in [3.8, 4) is 5.75 Å². The van der Waals surface area contributed by atoms with Crippen molar-refractivity contribution in [2.75, 3.05) is 0 Å². The average Bonchev–Trinajstić information content (AvgIpc) is 2.75. The first-order valence-electron chi connectivity index (χ1n) is 10.7. The first-order valence-corrected chi connectivity index (χ1v) is 11.1. The molecule has 4 rings (SSSR count). The number of rotatable bonds is 2. The summed E-state index contributed by atoms with van der Waals surface area (Å²) in [6.45, 7) is 11.7. The molecule has 1 aromatic rings. The number of halogens is 1. The molecule has 1 N–H and O–H groups in total. The lowest BCUT2D eigenvalue weighted by Gasteiger charge is -2.35. The first kappa shape index (κ1) is 19.8. The second-order valence-electron chi connectivity index (χ2n) is 10.2. The summed E-state index contributed by atoms with van der Waals surface area (Å²) < 4.78 is 0. The Kier molecular flexibility index (Phi) is 4.82. The largest absolute Gasteiger partial charge is 0.508 e. The van der Waals surface area contributed by atoms with Gasteiger partial charge < -0.3 is 5.11 Å². The fraction of sp³-hybridized carbons (Fsp3) is 0.538. The third kappa shape index (κ3) is 2.98. The molecular formula is C26H33ClO. The summed E-state index contributed by atoms with van der Waals surface area (Å²) in [6.07, 6.45) is 11.5. The number of fused-ring (bicyclic) bond motifs is 3. The van der Waals surface area contributed by atoms with Gasteiger partial charge >= 0.3 is 0 Å². The molecule has 28 heavy (non-hydrogen) atoms. The molecule has 5 unspecified atom stereocenters. The van der Waals surface area contributed by atoms with Crippen molar-refractivity contribution in [3.63, 3.8) is 0 Å². The van der Waals surface area contributed by atoms with Crippen molar-refractivity contribution in [1.82, 2.24) is 0 Å². The van der Waals surface area contributed by atoms with Gasteiger partial charge in [0.25, 0.3) is 0 Å². The van der Waals surface area contributed by atoms with Crippen LogP contribution in [-0.4, -0.2) is 10.5 Å². The zero-order valence-electron chi connectivity index (χ0n) is 17.7. The predicted octanol–water partition coefficient (Wildman–Crippen LogP) is 7.02. The van der Waals surface area contributed by atoms with E-state index in [4.69, 9.17) is 11.6 Å². The maximum absolute atomic E-state index is 10.5. The van der Waals surface area contributed by atoms with Crippen LogP contribution in [0.15, 0.2) is 59.7 Å². The van der Waals surface area contributed by atoms with Crippen LogP contribution in [0.2, 0.25) is 0 Å². The maximum atomic E-state index is 10.5. The van der Waals surface area contributed by atoms with Crippen molar-refractivity contribution in [2.24, 2.45) is 29.1 Å². The van der Waals surface area contributed by atoms with Gasteiger partial charge in [0.1, 0.15) is 5.75 Å². The van der Waals surface area contributed by atoms with E-state index in [-0.39, 0.29) is 16.2 Å². The average molecular weight is 397 g/mol. The molecule has 150 valence electrons. The van der Waals surface area contributed by atoms with Crippen molar-refractivity contribution < 1.29 is 5.11 Å². The van der Waals surface area contributed by atoms with Gasteiger partial charge in [0, 0.05) is 11.0 Å². The van der Waals surface area contributed by atoms with Gasteiger partial charge in [-0.2, -0.15) is 0 Å². The Morgan fingerprint density at radius 2 is 1.82 bits per heavy atom. The van der Waals surface area contributed by atoms with Crippen LogP contribution in [0.25, 0.3) is 0 Å². The van der Waals surface area contributed by atoms with E-state index in [0.717, 1.165) is 18.4 Å². The molecule has 0 bridgehead atoms. The summed E-state index contributed by atoms with van der Waals surface area (Å²) in [5.74, 6) is 2.75. The van der Waals surface area contributed by atoms with E-state index < -0.39 is 0 Å². The molecule has 3 aliphatic rings. The molecule has 1 nitrogen and oxygen atoms in total. The lowest BCUT2D eigenvalue weighted by Crippen LogP contribution is -2.29. The fourth-order valence-electron chi connectivity index (χ4n) is 6.24. The van der Waals surface area contributed by atoms with E-state index in [1.807, 2.05) is 12.1 Å². The Hall–Kier alpha value is -1.47. The van der Waals surface area contributed by atoms with Crippen molar-refractivity contribution in [3.05, 3.63) is 65.3 Å². The molecular weight excluding hydrogens is 364 g/mol. The number of para-hydroxylation sites is 1. The molecule has 0 spiro atoms. The molecule has 0 heterocycles. The minimum Gasteiger partial charge on any atom is -0.508 e. The zero-order valence-corrected chi connectivity index (χ0v) is 18.5. The van der Waals surface area contributed by atoms with Gasteiger partial charge in [-0.05, 0) is 48.0 Å². The van der Waals surface area contributed by atoms with E-state index in [1.54, 1.807) is 11.6 Å². The monoisotopic (exact) mass is 396 g/mol. The number of aromatic hydroxyl groups is 1. The summed E-state index contributed by atoms with van der Waals surface area (Å²) in [6, 6.07) is 7.78. The van der Waals surface area contributed by atoms with Gasteiger partial charge in [0.2, 0.25) is 0 Å². The van der Waals surface area contributed by atoms with E-state index in [1.165, 1.54) is 5.57 Å². The SMILES string of the molecule is CC1CC(C(C)(C)c2ccccc2O)=CC=C2C1C1C=CC(Cl)CC1C2(C)C. The summed E-state index contributed by atoms with van der Waals surface area (Å²) >= 11 is 6.50. The summed E-state index contributed by atoms with van der Waals surface area (Å²) in [7, 11) is 0. The Morgan fingerprint density at radius 1 is 1.11 bits per heavy atom. The Morgan fingerprint density at radius 3 is 2.54 bits per heavy atom. The van der Waals surface area contributed by atoms with Crippen molar-refractivity contribution in [2.45, 2.75) is 58.3 Å². The number of benzene rings is 1. The number of allylic oxidation sites excluding steroid dienone is 6. The Labute approximate surface area is 175 Å². The second-order valence-corrected chi connectivity index (χ2v) is 10.8. The van der Waals surface area contributed by atoms with Crippen LogP contribution in [0.5, 0.6) is 5.75 Å². The molecule has 5 atom stereocenters. The lowest BCUT2D eigenvalue weighted by molar-refractivity contribution is 0.224. The normalized spacial score (nSPS) is 34.1. The molecule has 0 aromatic heterocycles. The van der Waals surface area contributed by atoms with E-state index in [0.29, 0.717) is 29.4 Å². The summed E-state index contributed by atoms with van der Waals surface area (Å²) in [5.41, 5.74) is 3.99. The van der Waals surface area contributed by atoms with Crippen LogP contribution in [0.3, 0.4) is 0 Å². The van der Waals surface area contributed by atoms with Gasteiger partial charge in [0.15, 0.2) is 0 Å². The summed E-state index contributed by atoms with van der Waals surface area (Å²) in [4.78, 5) is 0. The molecule has 2 heteroatoms. The third-order valence-electron chi connectivity index (χ3n) is 7.93. The summed E-state index contributed by atoms with van der Waals surface area (Å²) in [5, 5.41) is 10.6. The number of phenolic OH excluding ortho intramolecular Hbond substituents is 1. The van der Waals surface area contributed by atoms with Crippen LogP contribution in [-0.2, 0) is 5.41 Å².